The average molecular weight is 284 g/mol. The van der Waals surface area contributed by atoms with Crippen LogP contribution in [0.15, 0.2) is 30.6 Å². The SMILES string of the molecule is CCCN1CCC(Nc2ccc(N)c3cnccc23)CC1. The van der Waals surface area contributed by atoms with Gasteiger partial charge in [0.15, 0.2) is 0 Å². The van der Waals surface area contributed by atoms with E-state index in [0.717, 1.165) is 11.1 Å². The number of fused-ring (bicyclic) bond motifs is 1. The van der Waals surface area contributed by atoms with Crippen molar-refractivity contribution in [3.63, 3.8) is 0 Å². The molecule has 0 unspecified atom stereocenters. The van der Waals surface area contributed by atoms with Crippen LogP contribution in [0.2, 0.25) is 0 Å². The number of rotatable bonds is 4. The first-order valence-electron chi connectivity index (χ1n) is 7.89. The van der Waals surface area contributed by atoms with Gasteiger partial charge in [-0.1, -0.05) is 6.92 Å². The highest BCUT2D eigenvalue weighted by Crippen LogP contribution is 2.29. The molecule has 0 atom stereocenters. The third-order valence-corrected chi connectivity index (χ3v) is 4.34. The van der Waals surface area contributed by atoms with Gasteiger partial charge in [0.1, 0.15) is 0 Å². The predicted octanol–water partition coefficient (Wildman–Crippen LogP) is 3.10. The zero-order valence-electron chi connectivity index (χ0n) is 12.7. The number of anilines is 2. The molecular weight excluding hydrogens is 260 g/mol. The van der Waals surface area contributed by atoms with Gasteiger partial charge >= 0.3 is 0 Å². The Morgan fingerprint density at radius 1 is 1.24 bits per heavy atom. The van der Waals surface area contributed by atoms with Crippen molar-refractivity contribution in [1.29, 1.82) is 0 Å². The van der Waals surface area contributed by atoms with Crippen LogP contribution in [-0.4, -0.2) is 35.6 Å². The number of nitrogens with two attached hydrogens (primary N) is 1. The number of aromatic nitrogens is 1. The maximum Gasteiger partial charge on any atom is 0.0424 e. The minimum Gasteiger partial charge on any atom is -0.398 e. The van der Waals surface area contributed by atoms with E-state index in [0.29, 0.717) is 6.04 Å². The van der Waals surface area contributed by atoms with Gasteiger partial charge in [-0.15, -0.1) is 0 Å². The van der Waals surface area contributed by atoms with Crippen molar-refractivity contribution in [2.75, 3.05) is 30.7 Å². The Morgan fingerprint density at radius 3 is 2.81 bits per heavy atom. The van der Waals surface area contributed by atoms with Crippen molar-refractivity contribution in [2.45, 2.75) is 32.2 Å². The Bertz CT molecular complexity index is 603. The number of nitrogens with one attached hydrogen (secondary N) is 1. The molecule has 1 aromatic carbocycles. The van der Waals surface area contributed by atoms with E-state index in [-0.39, 0.29) is 0 Å². The van der Waals surface area contributed by atoms with Crippen LogP contribution in [0.5, 0.6) is 0 Å². The molecular formula is C17H24N4. The molecule has 0 spiro atoms. The molecule has 1 fully saturated rings. The lowest BCUT2D eigenvalue weighted by atomic mass is 10.0. The van der Waals surface area contributed by atoms with Gasteiger partial charge in [-0.25, -0.2) is 0 Å². The molecule has 0 radical (unpaired) electrons. The smallest absolute Gasteiger partial charge is 0.0424 e. The van der Waals surface area contributed by atoms with Crippen LogP contribution in [0.25, 0.3) is 10.8 Å². The highest BCUT2D eigenvalue weighted by atomic mass is 15.1. The Labute approximate surface area is 126 Å². The molecule has 0 bridgehead atoms. The molecule has 112 valence electrons. The fourth-order valence-corrected chi connectivity index (χ4v) is 3.17. The topological polar surface area (TPSA) is 54.2 Å². The zero-order chi connectivity index (χ0) is 14.7. The highest BCUT2D eigenvalue weighted by molar-refractivity contribution is 6.00. The van der Waals surface area contributed by atoms with Crippen molar-refractivity contribution in [3.8, 4) is 0 Å². The number of nitrogens with zero attached hydrogens (tertiary/aromatic N) is 2. The molecule has 0 saturated carbocycles. The molecule has 1 saturated heterocycles. The van der Waals surface area contributed by atoms with E-state index in [1.165, 1.54) is 50.0 Å². The van der Waals surface area contributed by atoms with Crippen molar-refractivity contribution in [1.82, 2.24) is 9.88 Å². The van der Waals surface area contributed by atoms with Crippen molar-refractivity contribution >= 4 is 22.1 Å². The summed E-state index contributed by atoms with van der Waals surface area (Å²) in [5.74, 6) is 0. The summed E-state index contributed by atoms with van der Waals surface area (Å²) in [5, 5.41) is 5.90. The van der Waals surface area contributed by atoms with Gasteiger partial charge in [0.2, 0.25) is 0 Å². The fraction of sp³-hybridized carbons (Fsp3) is 0.471. The van der Waals surface area contributed by atoms with Crippen LogP contribution in [0.3, 0.4) is 0 Å². The standard InChI is InChI=1S/C17H24N4/c1-2-9-21-10-6-13(7-11-21)20-17-4-3-16(18)15-12-19-8-5-14(15)17/h3-5,8,12-13,20H,2,6-7,9-11,18H2,1H3. The minimum absolute atomic E-state index is 0.554. The first-order chi connectivity index (χ1) is 10.3. The molecule has 0 amide bonds. The van der Waals surface area contributed by atoms with Crippen LogP contribution in [0.1, 0.15) is 26.2 Å². The number of benzene rings is 1. The van der Waals surface area contributed by atoms with Crippen molar-refractivity contribution < 1.29 is 0 Å². The van der Waals surface area contributed by atoms with E-state index in [2.05, 4.69) is 28.2 Å². The molecule has 0 aliphatic carbocycles. The predicted molar refractivity (Wildman–Crippen MR) is 89.5 cm³/mol. The summed E-state index contributed by atoms with van der Waals surface area (Å²) in [4.78, 5) is 6.74. The number of likely N-dealkylation sites (tertiary alicyclic amines) is 1. The van der Waals surface area contributed by atoms with E-state index in [9.17, 15) is 0 Å². The monoisotopic (exact) mass is 284 g/mol. The molecule has 3 N–H and O–H groups in total. The Hall–Kier alpha value is -1.81. The van der Waals surface area contributed by atoms with Gasteiger partial charge in [-0.2, -0.15) is 0 Å². The molecule has 21 heavy (non-hydrogen) atoms. The molecule has 1 aliphatic rings. The number of nitrogen functional groups attached to an aromatic ring is 1. The summed E-state index contributed by atoms with van der Waals surface area (Å²) in [5.41, 5.74) is 8.00. The van der Waals surface area contributed by atoms with E-state index in [4.69, 9.17) is 5.73 Å². The van der Waals surface area contributed by atoms with E-state index >= 15 is 0 Å². The fourth-order valence-electron chi connectivity index (χ4n) is 3.17. The maximum absolute atomic E-state index is 6.04. The lowest BCUT2D eigenvalue weighted by Gasteiger charge is -2.32. The van der Waals surface area contributed by atoms with Gasteiger partial charge in [-0.3, -0.25) is 4.98 Å². The summed E-state index contributed by atoms with van der Waals surface area (Å²) in [6.45, 7) is 5.86. The largest absolute Gasteiger partial charge is 0.398 e. The van der Waals surface area contributed by atoms with Gasteiger partial charge in [0.05, 0.1) is 0 Å². The van der Waals surface area contributed by atoms with Crippen LogP contribution in [-0.2, 0) is 0 Å². The second kappa shape index (κ2) is 6.31. The summed E-state index contributed by atoms with van der Waals surface area (Å²) in [6.07, 6.45) is 7.33. The molecule has 2 aromatic rings. The first kappa shape index (κ1) is 14.1. The van der Waals surface area contributed by atoms with Crippen LogP contribution >= 0.6 is 0 Å². The Balaban J connectivity index is 1.73. The van der Waals surface area contributed by atoms with E-state index in [1.807, 2.05) is 24.5 Å². The maximum atomic E-state index is 6.04. The van der Waals surface area contributed by atoms with E-state index < -0.39 is 0 Å². The van der Waals surface area contributed by atoms with Crippen LogP contribution in [0, 0.1) is 0 Å². The summed E-state index contributed by atoms with van der Waals surface area (Å²) >= 11 is 0. The van der Waals surface area contributed by atoms with Gasteiger partial charge in [0.25, 0.3) is 0 Å². The third-order valence-electron chi connectivity index (χ3n) is 4.34. The number of piperidine rings is 1. The summed E-state index contributed by atoms with van der Waals surface area (Å²) in [7, 11) is 0. The molecule has 3 rings (SSSR count). The highest BCUT2D eigenvalue weighted by Gasteiger charge is 2.19. The van der Waals surface area contributed by atoms with Crippen molar-refractivity contribution in [3.05, 3.63) is 30.6 Å². The summed E-state index contributed by atoms with van der Waals surface area (Å²) < 4.78 is 0. The molecule has 2 heterocycles. The Morgan fingerprint density at radius 2 is 2.05 bits per heavy atom. The summed E-state index contributed by atoms with van der Waals surface area (Å²) in [6, 6.07) is 6.66. The number of hydrogen-bond donors (Lipinski definition) is 2. The second-order valence-corrected chi connectivity index (χ2v) is 5.88. The lowest BCUT2D eigenvalue weighted by Crippen LogP contribution is -2.39. The van der Waals surface area contributed by atoms with Crippen LogP contribution in [0.4, 0.5) is 11.4 Å². The van der Waals surface area contributed by atoms with Gasteiger partial charge < -0.3 is 16.0 Å². The van der Waals surface area contributed by atoms with Gasteiger partial charge in [-0.05, 0) is 44.0 Å². The average Bonchev–Trinajstić information content (AvgIpc) is 2.52. The molecule has 1 aliphatic heterocycles. The van der Waals surface area contributed by atoms with Gasteiger partial charge in [0, 0.05) is 53.7 Å². The molecule has 4 nitrogen and oxygen atoms in total. The lowest BCUT2D eigenvalue weighted by molar-refractivity contribution is 0.219. The zero-order valence-corrected chi connectivity index (χ0v) is 12.7. The minimum atomic E-state index is 0.554. The second-order valence-electron chi connectivity index (χ2n) is 5.88. The first-order valence-corrected chi connectivity index (χ1v) is 7.89. The van der Waals surface area contributed by atoms with Crippen molar-refractivity contribution in [2.24, 2.45) is 0 Å². The molecule has 1 aromatic heterocycles. The Kier molecular flexibility index (Phi) is 4.25. The normalized spacial score (nSPS) is 17.2. The number of hydrogen-bond acceptors (Lipinski definition) is 4. The third kappa shape index (κ3) is 3.10. The quantitative estimate of drug-likeness (QED) is 0.847. The number of pyridine rings is 1. The molecule has 4 heteroatoms. The van der Waals surface area contributed by atoms with E-state index in [1.54, 1.807) is 0 Å². The van der Waals surface area contributed by atoms with Crippen LogP contribution < -0.4 is 11.1 Å².